The lowest BCUT2D eigenvalue weighted by Gasteiger charge is -2.13. The molecule has 0 aliphatic rings. The molecular formula is C21H28N8O2S2. The van der Waals surface area contributed by atoms with Crippen LogP contribution in [0.3, 0.4) is 0 Å². The third-order valence-corrected chi connectivity index (χ3v) is 6.68. The maximum Gasteiger partial charge on any atom is 0.247 e. The van der Waals surface area contributed by atoms with E-state index in [1.165, 1.54) is 22.7 Å². The summed E-state index contributed by atoms with van der Waals surface area (Å²) in [6.07, 6.45) is 3.25. The fraction of sp³-hybridized carbons (Fsp3) is 0.429. The quantitative estimate of drug-likeness (QED) is 0.299. The lowest BCUT2D eigenvalue weighted by Crippen LogP contribution is -2.39. The maximum absolute atomic E-state index is 12.3. The number of benzene rings is 1. The number of hydrogen-bond acceptors (Lipinski definition) is 10. The van der Waals surface area contributed by atoms with Crippen LogP contribution >= 0.6 is 22.7 Å². The summed E-state index contributed by atoms with van der Waals surface area (Å²) >= 11 is 2.70. The molecular weight excluding hydrogens is 460 g/mol. The van der Waals surface area contributed by atoms with Gasteiger partial charge in [-0.15, -0.1) is 20.4 Å². The standard InChI is InChI=1S/C21H28N8O2S2/c1-12(2)16(22)18(30)24-20-28-26-14(32-20)10-6-7-11-15-27-29-21(33-15)25-19(31)17(23)13-8-4-3-5-9-13/h3-5,8-9,12,16-17H,6-7,10-11,22-23H2,1-2H3,(H,24,28,30)(H,25,29,31)/t16-,17-/m0/s1. The summed E-state index contributed by atoms with van der Waals surface area (Å²) in [5, 5.41) is 24.4. The van der Waals surface area contributed by atoms with Gasteiger partial charge < -0.3 is 11.5 Å². The molecule has 0 unspecified atom stereocenters. The molecule has 2 aromatic heterocycles. The Morgan fingerprint density at radius 2 is 1.36 bits per heavy atom. The van der Waals surface area contributed by atoms with Crippen LogP contribution in [0, 0.1) is 5.92 Å². The van der Waals surface area contributed by atoms with Crippen molar-refractivity contribution in [2.45, 2.75) is 51.6 Å². The molecule has 3 rings (SSSR count). The number of aryl methyl sites for hydroxylation is 2. The van der Waals surface area contributed by atoms with Gasteiger partial charge in [0.1, 0.15) is 16.1 Å². The van der Waals surface area contributed by atoms with Crippen LogP contribution in [-0.2, 0) is 22.4 Å². The average Bonchev–Trinajstić information content (AvgIpc) is 3.45. The van der Waals surface area contributed by atoms with E-state index in [1.54, 1.807) is 0 Å². The number of nitrogens with two attached hydrogens (primary N) is 2. The number of carbonyl (C=O) groups is 2. The van der Waals surface area contributed by atoms with E-state index in [9.17, 15) is 9.59 Å². The molecule has 0 aliphatic carbocycles. The zero-order chi connectivity index (χ0) is 23.8. The minimum atomic E-state index is -0.763. The molecule has 1 aromatic carbocycles. The van der Waals surface area contributed by atoms with Crippen LogP contribution in [0.25, 0.3) is 0 Å². The van der Waals surface area contributed by atoms with Gasteiger partial charge in [-0.3, -0.25) is 20.2 Å². The summed E-state index contributed by atoms with van der Waals surface area (Å²) in [5.74, 6) is -0.527. The smallest absolute Gasteiger partial charge is 0.247 e. The largest absolute Gasteiger partial charge is 0.320 e. The van der Waals surface area contributed by atoms with Crippen LogP contribution in [0.5, 0.6) is 0 Å². The molecule has 0 aliphatic heterocycles. The summed E-state index contributed by atoms with van der Waals surface area (Å²) in [6, 6.07) is 7.83. The molecule has 0 spiro atoms. The van der Waals surface area contributed by atoms with Gasteiger partial charge in [-0.1, -0.05) is 66.9 Å². The van der Waals surface area contributed by atoms with Crippen molar-refractivity contribution in [2.24, 2.45) is 17.4 Å². The maximum atomic E-state index is 12.3. The van der Waals surface area contributed by atoms with Crippen molar-refractivity contribution in [3.05, 3.63) is 45.9 Å². The Balaban J connectivity index is 1.39. The van der Waals surface area contributed by atoms with Crippen molar-refractivity contribution < 1.29 is 9.59 Å². The molecule has 176 valence electrons. The fourth-order valence-electron chi connectivity index (χ4n) is 2.85. The van der Waals surface area contributed by atoms with E-state index >= 15 is 0 Å². The van der Waals surface area contributed by atoms with Crippen LogP contribution in [0.15, 0.2) is 30.3 Å². The lowest BCUT2D eigenvalue weighted by atomic mass is 10.1. The van der Waals surface area contributed by atoms with Crippen LogP contribution in [-0.4, -0.2) is 38.3 Å². The Labute approximate surface area is 200 Å². The second-order valence-electron chi connectivity index (χ2n) is 7.85. The van der Waals surface area contributed by atoms with Crippen LogP contribution in [0.1, 0.15) is 48.3 Å². The predicted octanol–water partition coefficient (Wildman–Crippen LogP) is 2.52. The summed E-state index contributed by atoms with van der Waals surface area (Å²) in [5.41, 5.74) is 12.6. The second kappa shape index (κ2) is 11.9. The Morgan fingerprint density at radius 1 is 0.848 bits per heavy atom. The normalized spacial score (nSPS) is 13.0. The van der Waals surface area contributed by atoms with E-state index in [0.29, 0.717) is 10.3 Å². The molecule has 10 nitrogen and oxygen atoms in total. The Kier molecular flexibility index (Phi) is 8.95. The van der Waals surface area contributed by atoms with Gasteiger partial charge in [0, 0.05) is 12.8 Å². The second-order valence-corrected chi connectivity index (χ2v) is 9.97. The Bertz CT molecular complexity index is 1050. The van der Waals surface area contributed by atoms with Gasteiger partial charge in [0.2, 0.25) is 22.1 Å². The van der Waals surface area contributed by atoms with E-state index < -0.39 is 12.1 Å². The van der Waals surface area contributed by atoms with Gasteiger partial charge in [0.25, 0.3) is 0 Å². The zero-order valence-corrected chi connectivity index (χ0v) is 20.2. The van der Waals surface area contributed by atoms with Gasteiger partial charge in [-0.25, -0.2) is 0 Å². The highest BCUT2D eigenvalue weighted by Gasteiger charge is 2.19. The highest BCUT2D eigenvalue weighted by molar-refractivity contribution is 7.15. The average molecular weight is 489 g/mol. The number of rotatable bonds is 11. The van der Waals surface area contributed by atoms with Crippen LogP contribution in [0.4, 0.5) is 10.3 Å². The molecule has 0 bridgehead atoms. The topological polar surface area (TPSA) is 162 Å². The van der Waals surface area contributed by atoms with Crippen molar-refractivity contribution in [2.75, 3.05) is 10.6 Å². The SMILES string of the molecule is CC(C)[C@H](N)C(=O)Nc1nnc(CCCCc2nnc(NC(=O)[C@@H](N)c3ccccc3)s2)s1. The number of carbonyl (C=O) groups excluding carboxylic acids is 2. The first kappa shape index (κ1) is 24.8. The highest BCUT2D eigenvalue weighted by Crippen LogP contribution is 2.21. The first-order valence-corrected chi connectivity index (χ1v) is 12.3. The van der Waals surface area contributed by atoms with Gasteiger partial charge >= 0.3 is 0 Å². The van der Waals surface area contributed by atoms with E-state index in [4.69, 9.17) is 11.5 Å². The Morgan fingerprint density at radius 3 is 1.88 bits per heavy atom. The molecule has 2 heterocycles. The third kappa shape index (κ3) is 7.35. The summed E-state index contributed by atoms with van der Waals surface area (Å²) in [4.78, 5) is 24.4. The first-order chi connectivity index (χ1) is 15.8. The molecule has 12 heteroatoms. The summed E-state index contributed by atoms with van der Waals surface area (Å²) in [6.45, 7) is 3.79. The van der Waals surface area contributed by atoms with Gasteiger partial charge in [-0.05, 0) is 24.3 Å². The molecule has 3 aromatic rings. The number of amides is 2. The van der Waals surface area contributed by atoms with E-state index in [1.807, 2.05) is 44.2 Å². The minimum Gasteiger partial charge on any atom is -0.320 e. The number of nitrogens with one attached hydrogen (secondary N) is 2. The molecule has 0 fully saturated rings. The number of unbranched alkanes of at least 4 members (excludes halogenated alkanes) is 1. The third-order valence-electron chi connectivity index (χ3n) is 4.89. The van der Waals surface area contributed by atoms with Gasteiger partial charge in [-0.2, -0.15) is 0 Å². The zero-order valence-electron chi connectivity index (χ0n) is 18.5. The van der Waals surface area contributed by atoms with E-state index in [2.05, 4.69) is 31.0 Å². The number of anilines is 2. The molecule has 0 radical (unpaired) electrons. The monoisotopic (exact) mass is 488 g/mol. The first-order valence-electron chi connectivity index (χ1n) is 10.7. The van der Waals surface area contributed by atoms with Crippen molar-refractivity contribution in [3.8, 4) is 0 Å². The Hall–Kier alpha value is -2.80. The minimum absolute atomic E-state index is 0.0483. The molecule has 6 N–H and O–H groups in total. The predicted molar refractivity (Wildman–Crippen MR) is 130 cm³/mol. The van der Waals surface area contributed by atoms with Crippen molar-refractivity contribution in [1.82, 2.24) is 20.4 Å². The van der Waals surface area contributed by atoms with Crippen molar-refractivity contribution in [1.29, 1.82) is 0 Å². The summed E-state index contributed by atoms with van der Waals surface area (Å²) in [7, 11) is 0. The molecule has 0 saturated carbocycles. The molecule has 33 heavy (non-hydrogen) atoms. The number of hydrogen-bond donors (Lipinski definition) is 4. The van der Waals surface area contributed by atoms with Gasteiger partial charge in [0.15, 0.2) is 0 Å². The fourth-order valence-corrected chi connectivity index (χ4v) is 4.42. The molecule has 0 saturated heterocycles. The van der Waals surface area contributed by atoms with Crippen LogP contribution in [0.2, 0.25) is 0 Å². The van der Waals surface area contributed by atoms with Crippen molar-refractivity contribution in [3.63, 3.8) is 0 Å². The molecule has 2 amide bonds. The number of aromatic nitrogens is 4. The lowest BCUT2D eigenvalue weighted by molar-refractivity contribution is -0.118. The van der Waals surface area contributed by atoms with Crippen molar-refractivity contribution >= 4 is 44.8 Å². The number of nitrogens with zero attached hydrogens (tertiary/aromatic N) is 4. The van der Waals surface area contributed by atoms with Crippen LogP contribution < -0.4 is 22.1 Å². The van der Waals surface area contributed by atoms with E-state index in [0.717, 1.165) is 41.3 Å². The summed E-state index contributed by atoms with van der Waals surface area (Å²) < 4.78 is 0. The molecule has 2 atom stereocenters. The van der Waals surface area contributed by atoms with Gasteiger partial charge in [0.05, 0.1) is 6.04 Å². The van der Waals surface area contributed by atoms with E-state index in [-0.39, 0.29) is 17.7 Å². The highest BCUT2D eigenvalue weighted by atomic mass is 32.1.